The number of hydrogen-bond acceptors (Lipinski definition) is 2. The smallest absolute Gasteiger partial charge is 0.137 e. The van der Waals surface area contributed by atoms with Crippen LogP contribution in [0.25, 0.3) is 0 Å². The molecule has 0 bridgehead atoms. The number of rotatable bonds is 8. The van der Waals surface area contributed by atoms with Crippen molar-refractivity contribution in [3.05, 3.63) is 35.9 Å². The summed E-state index contributed by atoms with van der Waals surface area (Å²) in [4.78, 5) is 21.9. The van der Waals surface area contributed by atoms with Crippen molar-refractivity contribution < 1.29 is 9.59 Å². The lowest BCUT2D eigenvalue weighted by molar-refractivity contribution is -0.119. The zero-order valence-electron chi connectivity index (χ0n) is 14.9. The average Bonchev–Trinajstić information content (AvgIpc) is 2.48. The Balaban J connectivity index is 0.000000472. The second-order valence-corrected chi connectivity index (χ2v) is 6.14. The first-order chi connectivity index (χ1) is 10.4. The average molecular weight is 304 g/mol. The third-order valence-corrected chi connectivity index (χ3v) is 3.87. The van der Waals surface area contributed by atoms with Gasteiger partial charge >= 0.3 is 0 Å². The molecule has 0 aliphatic carbocycles. The molecule has 0 aliphatic rings. The van der Waals surface area contributed by atoms with Crippen LogP contribution in [0, 0.1) is 5.92 Å². The van der Waals surface area contributed by atoms with E-state index in [0.29, 0.717) is 11.7 Å². The Bertz CT molecular complexity index is 423. The van der Waals surface area contributed by atoms with Crippen molar-refractivity contribution in [2.45, 2.75) is 72.6 Å². The van der Waals surface area contributed by atoms with Gasteiger partial charge < -0.3 is 4.79 Å². The van der Waals surface area contributed by atoms with E-state index < -0.39 is 0 Å². The van der Waals surface area contributed by atoms with Gasteiger partial charge in [-0.25, -0.2) is 0 Å². The molecule has 1 aromatic carbocycles. The van der Waals surface area contributed by atoms with Gasteiger partial charge in [-0.1, -0.05) is 70.4 Å². The first-order valence-electron chi connectivity index (χ1n) is 8.47. The van der Waals surface area contributed by atoms with E-state index in [4.69, 9.17) is 0 Å². The molecule has 124 valence electrons. The van der Waals surface area contributed by atoms with Gasteiger partial charge in [0.25, 0.3) is 0 Å². The van der Waals surface area contributed by atoms with E-state index in [0.717, 1.165) is 37.7 Å². The number of carbonyl (C=O) groups is 2. The highest BCUT2D eigenvalue weighted by Crippen LogP contribution is 2.22. The van der Waals surface area contributed by atoms with Crippen LogP contribution in [0.1, 0.15) is 78.2 Å². The van der Waals surface area contributed by atoms with Gasteiger partial charge in [0, 0.05) is 12.3 Å². The van der Waals surface area contributed by atoms with Crippen LogP contribution in [-0.4, -0.2) is 11.6 Å². The maximum atomic E-state index is 11.5. The van der Waals surface area contributed by atoms with Crippen LogP contribution in [0.15, 0.2) is 30.3 Å². The van der Waals surface area contributed by atoms with Gasteiger partial charge in [-0.05, 0) is 31.7 Å². The van der Waals surface area contributed by atoms with E-state index in [1.807, 2.05) is 30.3 Å². The molecule has 2 nitrogen and oxygen atoms in total. The monoisotopic (exact) mass is 304 g/mol. The molecule has 0 fully saturated rings. The topological polar surface area (TPSA) is 34.1 Å². The molecule has 0 heterocycles. The first kappa shape index (κ1) is 20.6. The SMILES string of the molecule is CCC(C)CC(C)=O.CCCC[C@H](C(C)=O)c1ccccc1. The maximum Gasteiger partial charge on any atom is 0.137 e. The molecule has 1 rings (SSSR count). The van der Waals surface area contributed by atoms with E-state index in [2.05, 4.69) is 20.8 Å². The number of hydrogen-bond donors (Lipinski definition) is 0. The molecule has 1 aromatic rings. The summed E-state index contributed by atoms with van der Waals surface area (Å²) in [6.45, 7) is 9.69. The minimum atomic E-state index is 0.108. The lowest BCUT2D eigenvalue weighted by atomic mass is 9.90. The molecule has 0 aromatic heterocycles. The number of unbranched alkanes of at least 4 members (excludes halogenated alkanes) is 1. The Labute approximate surface area is 136 Å². The van der Waals surface area contributed by atoms with Crippen LogP contribution in [-0.2, 0) is 9.59 Å². The zero-order valence-corrected chi connectivity index (χ0v) is 14.9. The first-order valence-corrected chi connectivity index (χ1v) is 8.47. The summed E-state index contributed by atoms with van der Waals surface area (Å²) in [5.74, 6) is 1.27. The summed E-state index contributed by atoms with van der Waals surface area (Å²) in [6, 6.07) is 10.1. The Morgan fingerprint density at radius 1 is 1.05 bits per heavy atom. The summed E-state index contributed by atoms with van der Waals surface area (Å²) in [7, 11) is 0. The van der Waals surface area contributed by atoms with Gasteiger partial charge in [-0.2, -0.15) is 0 Å². The molecule has 0 saturated carbocycles. The van der Waals surface area contributed by atoms with E-state index in [-0.39, 0.29) is 11.7 Å². The summed E-state index contributed by atoms with van der Waals surface area (Å²) < 4.78 is 0. The lowest BCUT2D eigenvalue weighted by Crippen LogP contribution is -2.08. The van der Waals surface area contributed by atoms with E-state index in [9.17, 15) is 9.59 Å². The third kappa shape index (κ3) is 9.49. The van der Waals surface area contributed by atoms with Crippen LogP contribution >= 0.6 is 0 Å². The molecule has 0 spiro atoms. The van der Waals surface area contributed by atoms with Crippen molar-refractivity contribution in [1.29, 1.82) is 0 Å². The third-order valence-electron chi connectivity index (χ3n) is 3.87. The van der Waals surface area contributed by atoms with Crippen molar-refractivity contribution in [2.24, 2.45) is 5.92 Å². The highest BCUT2D eigenvalue weighted by atomic mass is 16.1. The van der Waals surface area contributed by atoms with Crippen LogP contribution in [0.4, 0.5) is 0 Å². The number of Topliss-reactive ketones (excluding diaryl/α,β-unsaturated/α-hetero) is 2. The Morgan fingerprint density at radius 3 is 2.00 bits per heavy atom. The quantitative estimate of drug-likeness (QED) is 0.630. The normalized spacial score (nSPS) is 12.8. The van der Waals surface area contributed by atoms with Crippen molar-refractivity contribution >= 4 is 11.6 Å². The fraction of sp³-hybridized carbons (Fsp3) is 0.600. The molecule has 2 atom stereocenters. The Kier molecular flexibility index (Phi) is 11.3. The van der Waals surface area contributed by atoms with Crippen molar-refractivity contribution in [1.82, 2.24) is 0 Å². The van der Waals surface area contributed by atoms with E-state index in [1.165, 1.54) is 0 Å². The van der Waals surface area contributed by atoms with Crippen LogP contribution in [0.2, 0.25) is 0 Å². The molecular weight excluding hydrogens is 272 g/mol. The standard InChI is InChI=1S/C13H18O.C7H14O/c1-3-4-10-13(11(2)14)12-8-6-5-7-9-12;1-4-6(2)5-7(3)8/h5-9,13H,3-4,10H2,1-2H3;6H,4-5H2,1-3H3/t13-;/m1./s1. The van der Waals surface area contributed by atoms with Gasteiger partial charge in [-0.15, -0.1) is 0 Å². The Hall–Kier alpha value is -1.44. The van der Waals surface area contributed by atoms with Crippen LogP contribution in [0.3, 0.4) is 0 Å². The molecule has 0 amide bonds. The summed E-state index contributed by atoms with van der Waals surface area (Å²) >= 11 is 0. The van der Waals surface area contributed by atoms with Crippen molar-refractivity contribution in [3.8, 4) is 0 Å². The van der Waals surface area contributed by atoms with Gasteiger partial charge in [0.05, 0.1) is 0 Å². The maximum absolute atomic E-state index is 11.5. The second-order valence-electron chi connectivity index (χ2n) is 6.14. The van der Waals surface area contributed by atoms with Crippen LogP contribution in [0.5, 0.6) is 0 Å². The number of carbonyl (C=O) groups excluding carboxylic acids is 2. The zero-order chi connectivity index (χ0) is 17.0. The summed E-state index contributed by atoms with van der Waals surface area (Å²) in [6.07, 6.45) is 5.11. The van der Waals surface area contributed by atoms with Crippen molar-refractivity contribution in [3.63, 3.8) is 0 Å². The predicted octanol–water partition coefficient (Wildman–Crippen LogP) is 5.56. The van der Waals surface area contributed by atoms with Crippen LogP contribution < -0.4 is 0 Å². The molecule has 0 N–H and O–H groups in total. The molecular formula is C20H32O2. The van der Waals surface area contributed by atoms with E-state index >= 15 is 0 Å². The molecule has 0 saturated heterocycles. The molecule has 0 aliphatic heterocycles. The van der Waals surface area contributed by atoms with Crippen molar-refractivity contribution in [2.75, 3.05) is 0 Å². The second kappa shape index (κ2) is 12.1. The highest BCUT2D eigenvalue weighted by molar-refractivity contribution is 5.83. The predicted molar refractivity (Wildman–Crippen MR) is 94.1 cm³/mol. The molecule has 2 heteroatoms. The fourth-order valence-corrected chi connectivity index (χ4v) is 2.33. The molecule has 22 heavy (non-hydrogen) atoms. The fourth-order valence-electron chi connectivity index (χ4n) is 2.33. The molecule has 1 unspecified atom stereocenters. The van der Waals surface area contributed by atoms with E-state index in [1.54, 1.807) is 13.8 Å². The number of ketones is 2. The number of benzene rings is 1. The summed E-state index contributed by atoms with van der Waals surface area (Å²) in [5, 5.41) is 0. The van der Waals surface area contributed by atoms with Gasteiger partial charge in [0.15, 0.2) is 0 Å². The van der Waals surface area contributed by atoms with Gasteiger partial charge in [0.1, 0.15) is 11.6 Å². The minimum Gasteiger partial charge on any atom is -0.300 e. The minimum absolute atomic E-state index is 0.108. The van der Waals surface area contributed by atoms with Gasteiger partial charge in [0.2, 0.25) is 0 Å². The largest absolute Gasteiger partial charge is 0.300 e. The molecule has 0 radical (unpaired) electrons. The summed E-state index contributed by atoms with van der Waals surface area (Å²) in [5.41, 5.74) is 1.16. The Morgan fingerprint density at radius 2 is 1.64 bits per heavy atom. The van der Waals surface area contributed by atoms with Gasteiger partial charge in [-0.3, -0.25) is 4.79 Å². The lowest BCUT2D eigenvalue weighted by Gasteiger charge is -2.13. The highest BCUT2D eigenvalue weighted by Gasteiger charge is 2.14.